The molecule has 1 saturated carbocycles. The second kappa shape index (κ2) is 4.32. The van der Waals surface area contributed by atoms with Crippen molar-refractivity contribution in [3.8, 4) is 0 Å². The van der Waals surface area contributed by atoms with Crippen molar-refractivity contribution in [2.45, 2.75) is 47.8 Å². The molecule has 3 saturated heterocycles. The van der Waals surface area contributed by atoms with Gasteiger partial charge in [0, 0.05) is 7.11 Å². The number of nitrogens with one attached hydrogen (secondary N) is 1. The van der Waals surface area contributed by atoms with Gasteiger partial charge in [0.2, 0.25) is 0 Å². The number of aliphatic hydroxyl groups is 5. The van der Waals surface area contributed by atoms with E-state index in [9.17, 15) is 25.5 Å². The van der Waals surface area contributed by atoms with Crippen LogP contribution in [0.25, 0.3) is 0 Å². The van der Waals surface area contributed by atoms with Gasteiger partial charge in [0.05, 0.1) is 12.5 Å². The molecule has 23 heavy (non-hydrogen) atoms. The van der Waals surface area contributed by atoms with Crippen LogP contribution in [0.4, 0.5) is 0 Å². The highest BCUT2D eigenvalue weighted by atomic mass is 16.9. The Morgan fingerprint density at radius 3 is 2.57 bits per heavy atom. The number of ether oxygens (including phenoxy) is 3. The summed E-state index contributed by atoms with van der Waals surface area (Å²) in [6.45, 7) is -1.01. The predicted octanol–water partition coefficient (Wildman–Crippen LogP) is -4.87. The van der Waals surface area contributed by atoms with E-state index in [1.165, 1.54) is 7.11 Å². The lowest BCUT2D eigenvalue weighted by atomic mass is 9.54. The van der Waals surface area contributed by atoms with E-state index in [4.69, 9.17) is 19.9 Å². The van der Waals surface area contributed by atoms with Crippen LogP contribution in [0, 0.1) is 5.92 Å². The average Bonchev–Trinajstić information content (AvgIpc) is 2.52. The van der Waals surface area contributed by atoms with Crippen molar-refractivity contribution in [2.75, 3.05) is 13.7 Å². The fraction of sp³-hybridized carbons (Fsp3) is 0.917. The zero-order valence-corrected chi connectivity index (χ0v) is 12.2. The first kappa shape index (κ1) is 15.5. The van der Waals surface area contributed by atoms with E-state index in [0.29, 0.717) is 0 Å². The minimum atomic E-state index is -2.63. The number of hydrogen-bond donors (Lipinski definition) is 7. The number of aliphatic imine (C=N–C) groups is 1. The average molecular weight is 333 g/mol. The molecule has 5 aliphatic rings. The summed E-state index contributed by atoms with van der Waals surface area (Å²) in [6.07, 6.45) is -6.11. The number of aliphatic hydroxyl groups excluding tert-OH is 3. The van der Waals surface area contributed by atoms with E-state index in [0.717, 1.165) is 0 Å². The first-order valence-corrected chi connectivity index (χ1v) is 7.17. The largest absolute Gasteiger partial charge is 0.393 e. The molecule has 11 nitrogen and oxygen atoms in total. The van der Waals surface area contributed by atoms with Crippen molar-refractivity contribution >= 4 is 5.96 Å². The van der Waals surface area contributed by atoms with Gasteiger partial charge in [-0.2, -0.15) is 0 Å². The maximum Gasteiger partial charge on any atom is 0.316 e. The zero-order chi connectivity index (χ0) is 16.8. The van der Waals surface area contributed by atoms with Crippen LogP contribution in [0.15, 0.2) is 4.99 Å². The van der Waals surface area contributed by atoms with Crippen LogP contribution in [0.2, 0.25) is 0 Å². The molecule has 9 atom stereocenters. The lowest BCUT2D eigenvalue weighted by Gasteiger charge is -2.72. The molecular formula is C12H19N3O8. The smallest absolute Gasteiger partial charge is 0.316 e. The van der Waals surface area contributed by atoms with Crippen LogP contribution in [0.3, 0.4) is 0 Å². The van der Waals surface area contributed by atoms with Gasteiger partial charge in [-0.15, -0.1) is 0 Å². The Bertz CT molecular complexity index is 577. The molecule has 4 aliphatic heterocycles. The molecule has 1 aliphatic carbocycles. The van der Waals surface area contributed by atoms with Crippen molar-refractivity contribution in [1.29, 1.82) is 0 Å². The standard InChI is InChI=1S/C12H19N3O8/c1-21-8-3-5-4(17)6-7(18)11(3,15-9(13)14-8)10(19,2-16)12(20,22-5)23-6/h3-8,16-20H,2H2,1H3,(H3,13,14,15)/t3-,4?,5?,6?,7?,8-,10?,11?,12?/m1/s1. The lowest BCUT2D eigenvalue weighted by Crippen LogP contribution is -2.97. The highest BCUT2D eigenvalue weighted by molar-refractivity contribution is 5.80. The van der Waals surface area contributed by atoms with E-state index in [1.54, 1.807) is 0 Å². The number of nitrogens with two attached hydrogens (primary N) is 1. The maximum atomic E-state index is 11.0. The second-order valence-electron chi connectivity index (χ2n) is 6.36. The first-order valence-electron chi connectivity index (χ1n) is 7.17. The first-order chi connectivity index (χ1) is 10.8. The molecule has 1 spiro atoms. The Morgan fingerprint density at radius 1 is 1.30 bits per heavy atom. The molecule has 5 rings (SSSR count). The minimum Gasteiger partial charge on any atom is -0.393 e. The van der Waals surface area contributed by atoms with Crippen LogP contribution in [0.5, 0.6) is 0 Å². The van der Waals surface area contributed by atoms with E-state index in [-0.39, 0.29) is 5.96 Å². The molecule has 0 aromatic rings. The fourth-order valence-electron chi connectivity index (χ4n) is 4.49. The van der Waals surface area contributed by atoms with Crippen LogP contribution < -0.4 is 11.1 Å². The molecule has 4 heterocycles. The summed E-state index contributed by atoms with van der Waals surface area (Å²) in [6, 6.07) is 0. The number of guanidine groups is 1. The quantitative estimate of drug-likeness (QED) is 0.259. The normalized spacial score (nSPS) is 60.2. The van der Waals surface area contributed by atoms with Crippen molar-refractivity contribution in [3.63, 3.8) is 0 Å². The topological polar surface area (TPSA) is 179 Å². The van der Waals surface area contributed by atoms with Gasteiger partial charge in [0.15, 0.2) is 17.8 Å². The summed E-state index contributed by atoms with van der Waals surface area (Å²) in [5.74, 6) is -3.73. The van der Waals surface area contributed by atoms with Gasteiger partial charge in [-0.1, -0.05) is 0 Å². The predicted molar refractivity (Wildman–Crippen MR) is 70.5 cm³/mol. The number of hydrogen-bond acceptors (Lipinski definition) is 11. The molecule has 4 fully saturated rings. The summed E-state index contributed by atoms with van der Waals surface area (Å²) >= 11 is 0. The summed E-state index contributed by atoms with van der Waals surface area (Å²) in [7, 11) is 1.34. The molecule has 8 N–H and O–H groups in total. The van der Waals surface area contributed by atoms with Gasteiger partial charge in [0.1, 0.15) is 30.0 Å². The molecule has 0 radical (unpaired) electrons. The van der Waals surface area contributed by atoms with Gasteiger partial charge in [-0.3, -0.25) is 0 Å². The van der Waals surface area contributed by atoms with Crippen molar-refractivity contribution in [2.24, 2.45) is 16.6 Å². The van der Waals surface area contributed by atoms with Crippen molar-refractivity contribution in [1.82, 2.24) is 5.32 Å². The third kappa shape index (κ3) is 1.41. The summed E-state index contributed by atoms with van der Waals surface area (Å²) in [5, 5.41) is 55.2. The van der Waals surface area contributed by atoms with Gasteiger partial charge in [-0.05, 0) is 0 Å². The highest BCUT2D eigenvalue weighted by Gasteiger charge is 2.85. The number of methoxy groups -OCH3 is 1. The van der Waals surface area contributed by atoms with E-state index < -0.39 is 60.3 Å². The van der Waals surface area contributed by atoms with Gasteiger partial charge >= 0.3 is 5.97 Å². The Labute approximate surface area is 130 Å². The molecule has 7 unspecified atom stereocenters. The maximum absolute atomic E-state index is 11.0. The van der Waals surface area contributed by atoms with Crippen molar-refractivity contribution < 1.29 is 39.7 Å². The highest BCUT2D eigenvalue weighted by Crippen LogP contribution is 2.60. The second-order valence-corrected chi connectivity index (χ2v) is 6.36. The third-order valence-electron chi connectivity index (χ3n) is 5.51. The van der Waals surface area contributed by atoms with Crippen LogP contribution in [-0.2, 0) is 14.2 Å². The minimum absolute atomic E-state index is 0.154. The third-order valence-corrected chi connectivity index (χ3v) is 5.51. The zero-order valence-electron chi connectivity index (χ0n) is 12.2. The van der Waals surface area contributed by atoms with Crippen LogP contribution in [-0.4, -0.2) is 93.0 Å². The molecule has 0 aromatic heterocycles. The monoisotopic (exact) mass is 333 g/mol. The molecule has 0 amide bonds. The molecular weight excluding hydrogens is 314 g/mol. The van der Waals surface area contributed by atoms with Crippen LogP contribution in [0.1, 0.15) is 0 Å². The fourth-order valence-corrected chi connectivity index (χ4v) is 4.49. The Morgan fingerprint density at radius 2 is 1.96 bits per heavy atom. The van der Waals surface area contributed by atoms with Crippen LogP contribution >= 0.6 is 0 Å². The SMILES string of the molecule is CO[C@H]1N=C(N)NC23C(O)C4OC(O)(OC(C4O)[C@H]12)C3(O)CO. The number of nitrogens with zero attached hydrogens (tertiary/aromatic N) is 1. The summed E-state index contributed by atoms with van der Waals surface area (Å²) in [4.78, 5) is 4.04. The van der Waals surface area contributed by atoms with Gasteiger partial charge < -0.3 is 50.8 Å². The van der Waals surface area contributed by atoms with Crippen molar-refractivity contribution in [3.05, 3.63) is 0 Å². The van der Waals surface area contributed by atoms with E-state index >= 15 is 0 Å². The van der Waals surface area contributed by atoms with E-state index in [2.05, 4.69) is 10.3 Å². The Kier molecular flexibility index (Phi) is 2.90. The summed E-state index contributed by atoms with van der Waals surface area (Å²) in [5.41, 5.74) is 1.48. The molecule has 130 valence electrons. The molecule has 0 aromatic carbocycles. The number of rotatable bonds is 2. The summed E-state index contributed by atoms with van der Waals surface area (Å²) < 4.78 is 15.7. The van der Waals surface area contributed by atoms with Gasteiger partial charge in [0.25, 0.3) is 0 Å². The molecule has 4 bridgehead atoms. The lowest BCUT2D eigenvalue weighted by molar-refractivity contribution is -0.560. The Balaban J connectivity index is 1.98. The Hall–Kier alpha value is -1.05. The molecule has 11 heteroatoms. The van der Waals surface area contributed by atoms with E-state index in [1.807, 2.05) is 0 Å². The van der Waals surface area contributed by atoms with Gasteiger partial charge in [-0.25, -0.2) is 4.99 Å².